The number of piperidine rings is 1. The Bertz CT molecular complexity index is 980. The molecular weight excluding hydrogens is 458 g/mol. The highest BCUT2D eigenvalue weighted by atomic mass is 35.5. The maximum atomic E-state index is 13.2. The molecule has 184 valence electrons. The van der Waals surface area contributed by atoms with E-state index >= 15 is 0 Å². The second-order valence-corrected chi connectivity index (χ2v) is 8.98. The number of rotatable bonds is 8. The van der Waals surface area contributed by atoms with Crippen LogP contribution < -0.4 is 25.0 Å². The number of morpholine rings is 1. The SMILES string of the molecule is COc1ccc(COc2nc(N3CCCCC3)ncc2C(=O)NC(C)C2CNCCO2)cc1Cl. The Morgan fingerprint density at radius 3 is 2.88 bits per heavy atom. The van der Waals surface area contributed by atoms with E-state index in [9.17, 15) is 4.79 Å². The molecule has 2 unspecified atom stereocenters. The molecule has 2 aromatic rings. The van der Waals surface area contributed by atoms with Gasteiger partial charge in [0, 0.05) is 32.4 Å². The van der Waals surface area contributed by atoms with Crippen LogP contribution in [0.5, 0.6) is 11.6 Å². The number of hydrogen-bond donors (Lipinski definition) is 2. The minimum Gasteiger partial charge on any atom is -0.495 e. The number of methoxy groups -OCH3 is 1. The van der Waals surface area contributed by atoms with Gasteiger partial charge in [-0.3, -0.25) is 4.79 Å². The van der Waals surface area contributed by atoms with E-state index in [1.807, 2.05) is 13.0 Å². The molecule has 2 aliphatic rings. The van der Waals surface area contributed by atoms with E-state index in [0.717, 1.165) is 38.0 Å². The van der Waals surface area contributed by atoms with Gasteiger partial charge in [0.25, 0.3) is 5.91 Å². The first kappa shape index (κ1) is 24.5. The maximum Gasteiger partial charge on any atom is 0.258 e. The number of amides is 1. The number of anilines is 1. The number of carbonyl (C=O) groups excluding carboxylic acids is 1. The van der Waals surface area contributed by atoms with Crippen LogP contribution in [0.1, 0.15) is 42.1 Å². The summed E-state index contributed by atoms with van der Waals surface area (Å²) >= 11 is 6.26. The van der Waals surface area contributed by atoms with E-state index < -0.39 is 0 Å². The van der Waals surface area contributed by atoms with Crippen LogP contribution in [0.2, 0.25) is 5.02 Å². The van der Waals surface area contributed by atoms with Gasteiger partial charge in [0.2, 0.25) is 11.8 Å². The number of nitrogens with one attached hydrogen (secondary N) is 2. The van der Waals surface area contributed by atoms with Crippen LogP contribution >= 0.6 is 11.6 Å². The summed E-state index contributed by atoms with van der Waals surface area (Å²) in [5.74, 6) is 1.12. The lowest BCUT2D eigenvalue weighted by Crippen LogP contribution is -2.50. The average Bonchev–Trinajstić information content (AvgIpc) is 2.88. The van der Waals surface area contributed by atoms with Gasteiger partial charge in [-0.25, -0.2) is 4.98 Å². The van der Waals surface area contributed by atoms with Gasteiger partial charge in [-0.1, -0.05) is 17.7 Å². The zero-order valence-corrected chi connectivity index (χ0v) is 20.4. The van der Waals surface area contributed by atoms with Crippen molar-refractivity contribution in [3.63, 3.8) is 0 Å². The zero-order valence-electron chi connectivity index (χ0n) is 19.7. The monoisotopic (exact) mass is 489 g/mol. The van der Waals surface area contributed by atoms with Gasteiger partial charge in [0.1, 0.15) is 17.9 Å². The van der Waals surface area contributed by atoms with Crippen LogP contribution in [-0.4, -0.2) is 67.9 Å². The third kappa shape index (κ3) is 6.08. The molecule has 2 atom stereocenters. The molecule has 2 N–H and O–H groups in total. The molecule has 10 heteroatoms. The molecule has 0 saturated carbocycles. The molecule has 1 amide bonds. The number of carbonyl (C=O) groups is 1. The Labute approximate surface area is 205 Å². The highest BCUT2D eigenvalue weighted by Gasteiger charge is 2.25. The van der Waals surface area contributed by atoms with E-state index in [-0.39, 0.29) is 36.1 Å². The second-order valence-electron chi connectivity index (χ2n) is 8.57. The van der Waals surface area contributed by atoms with Crippen LogP contribution in [-0.2, 0) is 11.3 Å². The minimum absolute atomic E-state index is 0.1000. The van der Waals surface area contributed by atoms with Crippen molar-refractivity contribution in [3.05, 3.63) is 40.5 Å². The van der Waals surface area contributed by atoms with Gasteiger partial charge in [-0.05, 0) is 43.9 Å². The van der Waals surface area contributed by atoms with Crippen molar-refractivity contribution < 1.29 is 19.0 Å². The molecular formula is C24H32ClN5O4. The number of nitrogens with zero attached hydrogens (tertiary/aromatic N) is 3. The van der Waals surface area contributed by atoms with E-state index in [4.69, 9.17) is 25.8 Å². The fourth-order valence-corrected chi connectivity index (χ4v) is 4.39. The van der Waals surface area contributed by atoms with Crippen molar-refractivity contribution in [1.29, 1.82) is 0 Å². The van der Waals surface area contributed by atoms with Gasteiger partial charge < -0.3 is 29.7 Å². The molecule has 34 heavy (non-hydrogen) atoms. The Morgan fingerprint density at radius 1 is 1.35 bits per heavy atom. The van der Waals surface area contributed by atoms with Crippen molar-refractivity contribution in [3.8, 4) is 11.6 Å². The zero-order chi connectivity index (χ0) is 23.9. The molecule has 2 fully saturated rings. The highest BCUT2D eigenvalue weighted by Crippen LogP contribution is 2.27. The van der Waals surface area contributed by atoms with Crippen LogP contribution in [0.15, 0.2) is 24.4 Å². The molecule has 0 spiro atoms. The topological polar surface area (TPSA) is 97.8 Å². The fraction of sp³-hybridized carbons (Fsp3) is 0.542. The highest BCUT2D eigenvalue weighted by molar-refractivity contribution is 6.32. The third-order valence-electron chi connectivity index (χ3n) is 6.09. The van der Waals surface area contributed by atoms with Crippen LogP contribution in [0.4, 0.5) is 5.95 Å². The molecule has 3 heterocycles. The Kier molecular flexibility index (Phi) is 8.42. The molecule has 0 radical (unpaired) electrons. The predicted molar refractivity (Wildman–Crippen MR) is 130 cm³/mol. The Balaban J connectivity index is 1.53. The fourth-order valence-electron chi connectivity index (χ4n) is 4.11. The van der Waals surface area contributed by atoms with Crippen molar-refractivity contribution >= 4 is 23.5 Å². The van der Waals surface area contributed by atoms with Gasteiger partial charge >= 0.3 is 0 Å². The maximum absolute atomic E-state index is 13.2. The molecule has 1 aromatic carbocycles. The summed E-state index contributed by atoms with van der Waals surface area (Å²) in [6, 6.07) is 5.25. The summed E-state index contributed by atoms with van der Waals surface area (Å²) in [6.45, 7) is 6.04. The summed E-state index contributed by atoms with van der Waals surface area (Å²) in [4.78, 5) is 24.4. The first-order chi connectivity index (χ1) is 16.5. The quantitative estimate of drug-likeness (QED) is 0.584. The summed E-state index contributed by atoms with van der Waals surface area (Å²) in [7, 11) is 1.57. The summed E-state index contributed by atoms with van der Waals surface area (Å²) in [5, 5.41) is 6.79. The first-order valence-electron chi connectivity index (χ1n) is 11.8. The summed E-state index contributed by atoms with van der Waals surface area (Å²) < 4.78 is 17.0. The van der Waals surface area contributed by atoms with Crippen LogP contribution in [0.25, 0.3) is 0 Å². The van der Waals surface area contributed by atoms with Gasteiger partial charge in [0.05, 0.1) is 30.9 Å². The largest absolute Gasteiger partial charge is 0.495 e. The van der Waals surface area contributed by atoms with Crippen molar-refractivity contribution in [1.82, 2.24) is 20.6 Å². The number of benzene rings is 1. The van der Waals surface area contributed by atoms with Gasteiger partial charge in [0.15, 0.2) is 0 Å². The van der Waals surface area contributed by atoms with E-state index in [0.29, 0.717) is 29.9 Å². The van der Waals surface area contributed by atoms with Gasteiger partial charge in [-0.15, -0.1) is 0 Å². The number of halogens is 1. The van der Waals surface area contributed by atoms with Crippen molar-refractivity contribution in [2.75, 3.05) is 44.8 Å². The lowest BCUT2D eigenvalue weighted by atomic mass is 10.1. The molecule has 4 rings (SSSR count). The van der Waals surface area contributed by atoms with E-state index in [2.05, 4.69) is 25.5 Å². The van der Waals surface area contributed by atoms with Crippen LogP contribution in [0.3, 0.4) is 0 Å². The smallest absolute Gasteiger partial charge is 0.258 e. The number of ether oxygens (including phenoxy) is 3. The van der Waals surface area contributed by atoms with Crippen molar-refractivity contribution in [2.24, 2.45) is 0 Å². The molecule has 1 aromatic heterocycles. The molecule has 0 aliphatic carbocycles. The summed E-state index contributed by atoms with van der Waals surface area (Å²) in [5.41, 5.74) is 1.13. The lowest BCUT2D eigenvalue weighted by molar-refractivity contribution is 0.00855. The van der Waals surface area contributed by atoms with Crippen LogP contribution in [0, 0.1) is 0 Å². The number of aromatic nitrogens is 2. The minimum atomic E-state index is -0.297. The number of hydrogen-bond acceptors (Lipinski definition) is 8. The Morgan fingerprint density at radius 2 is 2.18 bits per heavy atom. The second kappa shape index (κ2) is 11.7. The standard InChI is InChI=1S/C24H32ClN5O4/c1-16(21-14-26-8-11-33-21)28-22(31)18-13-27-24(30-9-4-3-5-10-30)29-23(18)34-15-17-6-7-20(32-2)19(25)12-17/h6-7,12-13,16,21,26H,3-5,8-11,14-15H2,1-2H3,(H,28,31). The molecule has 2 aliphatic heterocycles. The molecule has 0 bridgehead atoms. The molecule has 9 nitrogen and oxygen atoms in total. The van der Waals surface area contributed by atoms with E-state index in [1.165, 1.54) is 6.42 Å². The third-order valence-corrected chi connectivity index (χ3v) is 6.38. The average molecular weight is 490 g/mol. The lowest BCUT2D eigenvalue weighted by Gasteiger charge is -2.29. The van der Waals surface area contributed by atoms with Crippen molar-refractivity contribution in [2.45, 2.75) is 44.9 Å². The normalized spacial score (nSPS) is 19.4. The summed E-state index contributed by atoms with van der Waals surface area (Å²) in [6.07, 6.45) is 4.85. The van der Waals surface area contributed by atoms with E-state index in [1.54, 1.807) is 25.4 Å². The Hall–Kier alpha value is -2.62. The first-order valence-corrected chi connectivity index (χ1v) is 12.1. The predicted octanol–water partition coefficient (Wildman–Crippen LogP) is 2.81. The van der Waals surface area contributed by atoms with Gasteiger partial charge in [-0.2, -0.15) is 4.98 Å². The molecule has 2 saturated heterocycles.